The minimum atomic E-state index is 0.0348. The van der Waals surface area contributed by atoms with E-state index in [1.807, 2.05) is 11.4 Å². The summed E-state index contributed by atoms with van der Waals surface area (Å²) < 4.78 is 0.916. The van der Waals surface area contributed by atoms with Crippen LogP contribution < -0.4 is 0 Å². The molecule has 0 aliphatic carbocycles. The summed E-state index contributed by atoms with van der Waals surface area (Å²) in [5.74, 6) is 0.0348. The molecule has 0 aliphatic rings. The van der Waals surface area contributed by atoms with E-state index in [9.17, 15) is 5.11 Å². The smallest absolute Gasteiger partial charge is 0.136 e. The lowest BCUT2D eigenvalue weighted by molar-refractivity contribution is 0.476. The molecule has 2 rings (SSSR count). The molecule has 1 aromatic carbocycles. The number of rotatable bonds is 0. The molecule has 0 spiro atoms. The maximum atomic E-state index is 9.30. The Morgan fingerprint density at radius 3 is 2.83 bits per heavy atom. The standard InChI is InChI=1S/C8H4Cl2OS/c9-5-3-6(11)7(10)4-1-2-12-8(4)5/h1-3,11H. The molecule has 0 aliphatic heterocycles. The molecule has 2 aromatic rings. The summed E-state index contributed by atoms with van der Waals surface area (Å²) in [4.78, 5) is 0. The van der Waals surface area contributed by atoms with Crippen molar-refractivity contribution in [3.63, 3.8) is 0 Å². The summed E-state index contributed by atoms with van der Waals surface area (Å²) in [7, 11) is 0. The molecule has 0 unspecified atom stereocenters. The van der Waals surface area contributed by atoms with Gasteiger partial charge in [-0.15, -0.1) is 11.3 Å². The minimum absolute atomic E-state index is 0.0348. The third-order valence-electron chi connectivity index (χ3n) is 1.61. The summed E-state index contributed by atoms with van der Waals surface area (Å²) in [5.41, 5.74) is 0. The van der Waals surface area contributed by atoms with E-state index < -0.39 is 0 Å². The molecule has 1 nitrogen and oxygen atoms in total. The van der Waals surface area contributed by atoms with Gasteiger partial charge in [-0.1, -0.05) is 23.2 Å². The number of fused-ring (bicyclic) bond motifs is 1. The van der Waals surface area contributed by atoms with Gasteiger partial charge in [0, 0.05) is 11.5 Å². The van der Waals surface area contributed by atoms with Gasteiger partial charge in [0.2, 0.25) is 0 Å². The predicted octanol–water partition coefficient (Wildman–Crippen LogP) is 3.91. The van der Waals surface area contributed by atoms with Gasteiger partial charge < -0.3 is 5.11 Å². The van der Waals surface area contributed by atoms with Crippen molar-refractivity contribution in [3.8, 4) is 5.75 Å². The van der Waals surface area contributed by atoms with Gasteiger partial charge in [0.05, 0.1) is 14.7 Å². The van der Waals surface area contributed by atoms with E-state index in [1.165, 1.54) is 17.4 Å². The zero-order valence-electron chi connectivity index (χ0n) is 5.84. The van der Waals surface area contributed by atoms with Gasteiger partial charge in [-0.05, 0) is 11.4 Å². The quantitative estimate of drug-likeness (QED) is 0.711. The topological polar surface area (TPSA) is 20.2 Å². The fourth-order valence-corrected chi connectivity index (χ4v) is 2.47. The van der Waals surface area contributed by atoms with Crippen molar-refractivity contribution >= 4 is 44.6 Å². The highest BCUT2D eigenvalue weighted by Gasteiger charge is 2.08. The number of benzene rings is 1. The molecular weight excluding hydrogens is 215 g/mol. The Hall–Kier alpha value is -0.440. The number of aromatic hydroxyl groups is 1. The van der Waals surface area contributed by atoms with Crippen LogP contribution in [0.5, 0.6) is 5.75 Å². The van der Waals surface area contributed by atoms with Gasteiger partial charge in [-0.2, -0.15) is 0 Å². The number of hydrogen-bond acceptors (Lipinski definition) is 2. The van der Waals surface area contributed by atoms with Crippen molar-refractivity contribution in [2.45, 2.75) is 0 Å². The average Bonchev–Trinajstić information content (AvgIpc) is 2.48. The van der Waals surface area contributed by atoms with E-state index in [0.29, 0.717) is 10.0 Å². The maximum Gasteiger partial charge on any atom is 0.136 e. The molecule has 1 heterocycles. The monoisotopic (exact) mass is 218 g/mol. The number of halogens is 2. The molecule has 1 N–H and O–H groups in total. The largest absolute Gasteiger partial charge is 0.506 e. The Morgan fingerprint density at radius 1 is 1.33 bits per heavy atom. The van der Waals surface area contributed by atoms with Gasteiger partial charge in [0.25, 0.3) is 0 Å². The van der Waals surface area contributed by atoms with Crippen molar-refractivity contribution < 1.29 is 5.11 Å². The van der Waals surface area contributed by atoms with Crippen LogP contribution in [0.3, 0.4) is 0 Å². The Bertz CT molecular complexity index is 436. The molecule has 0 fully saturated rings. The summed E-state index contributed by atoms with van der Waals surface area (Å²) in [6, 6.07) is 3.30. The first-order valence-electron chi connectivity index (χ1n) is 3.24. The van der Waals surface area contributed by atoms with Gasteiger partial charge in [0.1, 0.15) is 5.75 Å². The fraction of sp³-hybridized carbons (Fsp3) is 0. The SMILES string of the molecule is Oc1cc(Cl)c2sccc2c1Cl. The van der Waals surface area contributed by atoms with Crippen LogP contribution in [0.2, 0.25) is 10.0 Å². The zero-order valence-corrected chi connectivity index (χ0v) is 8.17. The van der Waals surface area contributed by atoms with Crippen molar-refractivity contribution in [1.29, 1.82) is 0 Å². The molecule has 1 aromatic heterocycles. The average molecular weight is 219 g/mol. The van der Waals surface area contributed by atoms with Gasteiger partial charge in [0.15, 0.2) is 0 Å². The van der Waals surface area contributed by atoms with Crippen molar-refractivity contribution in [2.24, 2.45) is 0 Å². The van der Waals surface area contributed by atoms with E-state index in [-0.39, 0.29) is 5.75 Å². The molecule has 4 heteroatoms. The lowest BCUT2D eigenvalue weighted by Gasteiger charge is -1.99. The second kappa shape index (κ2) is 2.80. The van der Waals surface area contributed by atoms with E-state index in [1.54, 1.807) is 0 Å². The van der Waals surface area contributed by atoms with Crippen LogP contribution in [-0.2, 0) is 0 Å². The molecule has 0 bridgehead atoms. The second-order valence-electron chi connectivity index (χ2n) is 2.35. The van der Waals surface area contributed by atoms with Gasteiger partial charge >= 0.3 is 0 Å². The van der Waals surface area contributed by atoms with Crippen LogP contribution in [0.1, 0.15) is 0 Å². The number of thiophene rings is 1. The Morgan fingerprint density at radius 2 is 2.08 bits per heavy atom. The summed E-state index contributed by atoms with van der Waals surface area (Å²) in [5, 5.41) is 12.9. The molecule has 62 valence electrons. The number of hydrogen-bond donors (Lipinski definition) is 1. The van der Waals surface area contributed by atoms with E-state index in [2.05, 4.69) is 0 Å². The van der Waals surface area contributed by atoms with Crippen molar-refractivity contribution in [3.05, 3.63) is 27.6 Å². The van der Waals surface area contributed by atoms with Crippen LogP contribution in [0.25, 0.3) is 10.1 Å². The van der Waals surface area contributed by atoms with Gasteiger partial charge in [-0.25, -0.2) is 0 Å². The number of phenols is 1. The summed E-state index contributed by atoms with van der Waals surface area (Å²) >= 11 is 13.2. The second-order valence-corrected chi connectivity index (χ2v) is 4.06. The maximum absolute atomic E-state index is 9.30. The molecule has 0 radical (unpaired) electrons. The van der Waals surface area contributed by atoms with E-state index >= 15 is 0 Å². The first-order valence-corrected chi connectivity index (χ1v) is 4.88. The fourth-order valence-electron chi connectivity index (χ4n) is 1.05. The number of phenolic OH excluding ortho intramolecular Hbond substituents is 1. The minimum Gasteiger partial charge on any atom is -0.506 e. The lowest BCUT2D eigenvalue weighted by Crippen LogP contribution is -1.71. The zero-order chi connectivity index (χ0) is 8.72. The molecular formula is C8H4Cl2OS. The third kappa shape index (κ3) is 1.07. The molecule has 0 saturated carbocycles. The highest BCUT2D eigenvalue weighted by Crippen LogP contribution is 2.39. The van der Waals surface area contributed by atoms with Crippen LogP contribution in [0.15, 0.2) is 17.5 Å². The van der Waals surface area contributed by atoms with Crippen molar-refractivity contribution in [1.82, 2.24) is 0 Å². The van der Waals surface area contributed by atoms with Gasteiger partial charge in [-0.3, -0.25) is 0 Å². The molecule has 12 heavy (non-hydrogen) atoms. The highest BCUT2D eigenvalue weighted by atomic mass is 35.5. The van der Waals surface area contributed by atoms with Crippen LogP contribution in [0.4, 0.5) is 0 Å². The van der Waals surface area contributed by atoms with Crippen LogP contribution in [-0.4, -0.2) is 5.11 Å². The third-order valence-corrected chi connectivity index (χ3v) is 3.36. The van der Waals surface area contributed by atoms with Crippen molar-refractivity contribution in [2.75, 3.05) is 0 Å². The first kappa shape index (κ1) is 8.17. The lowest BCUT2D eigenvalue weighted by atomic mass is 10.2. The summed E-state index contributed by atoms with van der Waals surface area (Å²) in [6.07, 6.45) is 0. The Labute approximate surface area is 83.2 Å². The predicted molar refractivity (Wildman–Crippen MR) is 53.5 cm³/mol. The van der Waals surface area contributed by atoms with Crippen LogP contribution in [0, 0.1) is 0 Å². The molecule has 0 amide bonds. The Balaban J connectivity index is 2.97. The molecule has 0 atom stereocenters. The normalized spacial score (nSPS) is 10.8. The van der Waals surface area contributed by atoms with E-state index in [0.717, 1.165) is 10.1 Å². The Kier molecular flexibility index (Phi) is 1.91. The summed E-state index contributed by atoms with van der Waals surface area (Å²) in [6.45, 7) is 0. The van der Waals surface area contributed by atoms with Crippen LogP contribution >= 0.6 is 34.5 Å². The van der Waals surface area contributed by atoms with E-state index in [4.69, 9.17) is 23.2 Å². The highest BCUT2D eigenvalue weighted by molar-refractivity contribution is 7.18. The first-order chi connectivity index (χ1) is 5.70. The molecule has 0 saturated heterocycles.